The van der Waals surface area contributed by atoms with Crippen LogP contribution in [0.5, 0.6) is 0 Å². The second-order valence-corrected chi connectivity index (χ2v) is 6.42. The Morgan fingerprint density at radius 1 is 1.42 bits per heavy atom. The molecule has 0 aliphatic carbocycles. The summed E-state index contributed by atoms with van der Waals surface area (Å²) < 4.78 is 13.9. The lowest BCUT2D eigenvalue weighted by Gasteiger charge is -2.08. The molecule has 1 aromatic heterocycles. The third kappa shape index (κ3) is 3.70. The highest BCUT2D eigenvalue weighted by molar-refractivity contribution is 14.1. The van der Waals surface area contributed by atoms with Crippen LogP contribution in [0.4, 0.5) is 4.39 Å². The molecule has 0 bridgehead atoms. The number of hydrogen-bond donors (Lipinski definition) is 1. The summed E-state index contributed by atoms with van der Waals surface area (Å²) in [6, 6.07) is 4.92. The van der Waals surface area contributed by atoms with Gasteiger partial charge in [0.05, 0.1) is 6.04 Å². The van der Waals surface area contributed by atoms with Gasteiger partial charge < -0.3 is 5.32 Å². The van der Waals surface area contributed by atoms with Crippen molar-refractivity contribution in [2.45, 2.75) is 26.3 Å². The van der Waals surface area contributed by atoms with Gasteiger partial charge in [-0.2, -0.15) is 0 Å². The standard InChI is InChI=1S/C13H15FIN3S/c1-3-6-16-8(2)12-17-18-13(19-12)10-5-4-9(14)7-11(10)15/h4-5,7-8,16H,3,6H2,1-2H3. The minimum atomic E-state index is -0.226. The van der Waals surface area contributed by atoms with E-state index in [0.717, 1.165) is 32.1 Å². The van der Waals surface area contributed by atoms with Crippen LogP contribution >= 0.6 is 33.9 Å². The van der Waals surface area contributed by atoms with Crippen LogP contribution in [0.15, 0.2) is 18.2 Å². The molecule has 102 valence electrons. The van der Waals surface area contributed by atoms with E-state index < -0.39 is 0 Å². The van der Waals surface area contributed by atoms with E-state index >= 15 is 0 Å². The van der Waals surface area contributed by atoms with Crippen molar-refractivity contribution in [1.82, 2.24) is 15.5 Å². The van der Waals surface area contributed by atoms with Crippen LogP contribution in [0.2, 0.25) is 0 Å². The fourth-order valence-corrected chi connectivity index (χ4v) is 3.45. The fourth-order valence-electron chi connectivity index (χ4n) is 1.63. The van der Waals surface area contributed by atoms with Crippen molar-refractivity contribution in [3.05, 3.63) is 32.6 Å². The minimum Gasteiger partial charge on any atom is -0.308 e. The van der Waals surface area contributed by atoms with E-state index in [9.17, 15) is 4.39 Å². The van der Waals surface area contributed by atoms with Crippen molar-refractivity contribution >= 4 is 33.9 Å². The first kappa shape index (κ1) is 14.8. The quantitative estimate of drug-likeness (QED) is 0.783. The van der Waals surface area contributed by atoms with E-state index in [2.05, 4.69) is 52.0 Å². The summed E-state index contributed by atoms with van der Waals surface area (Å²) in [4.78, 5) is 0. The summed E-state index contributed by atoms with van der Waals surface area (Å²) in [6.45, 7) is 5.17. The van der Waals surface area contributed by atoms with Gasteiger partial charge in [-0.15, -0.1) is 10.2 Å². The lowest BCUT2D eigenvalue weighted by Crippen LogP contribution is -2.18. The van der Waals surface area contributed by atoms with Gasteiger partial charge in [-0.3, -0.25) is 0 Å². The number of benzene rings is 1. The Bertz CT molecular complexity index is 559. The zero-order valence-corrected chi connectivity index (χ0v) is 13.8. The van der Waals surface area contributed by atoms with Crippen LogP contribution in [0.25, 0.3) is 10.6 Å². The maximum absolute atomic E-state index is 13.1. The number of nitrogens with one attached hydrogen (secondary N) is 1. The molecule has 6 heteroatoms. The Labute approximate surface area is 129 Å². The molecule has 0 radical (unpaired) electrons. The first-order chi connectivity index (χ1) is 9.11. The maximum Gasteiger partial charge on any atom is 0.148 e. The summed E-state index contributed by atoms with van der Waals surface area (Å²) >= 11 is 3.67. The maximum atomic E-state index is 13.1. The van der Waals surface area contributed by atoms with Gasteiger partial charge in [-0.05, 0) is 60.7 Å². The van der Waals surface area contributed by atoms with E-state index in [1.54, 1.807) is 17.4 Å². The molecule has 1 aromatic carbocycles. The van der Waals surface area contributed by atoms with E-state index in [-0.39, 0.29) is 11.9 Å². The molecule has 19 heavy (non-hydrogen) atoms. The van der Waals surface area contributed by atoms with Crippen molar-refractivity contribution in [2.75, 3.05) is 6.54 Å². The molecule has 0 fully saturated rings. The first-order valence-corrected chi connectivity index (χ1v) is 8.03. The molecule has 3 nitrogen and oxygen atoms in total. The molecular weight excluding hydrogens is 376 g/mol. The van der Waals surface area contributed by atoms with Crippen LogP contribution in [0.1, 0.15) is 31.3 Å². The van der Waals surface area contributed by atoms with Crippen molar-refractivity contribution in [3.63, 3.8) is 0 Å². The van der Waals surface area contributed by atoms with Gasteiger partial charge in [0.1, 0.15) is 15.8 Å². The highest BCUT2D eigenvalue weighted by Crippen LogP contribution is 2.30. The highest BCUT2D eigenvalue weighted by Gasteiger charge is 2.14. The molecule has 2 aromatic rings. The Balaban J connectivity index is 2.20. The number of halogens is 2. The normalized spacial score (nSPS) is 12.6. The van der Waals surface area contributed by atoms with Crippen LogP contribution < -0.4 is 5.32 Å². The molecule has 2 rings (SSSR count). The third-order valence-electron chi connectivity index (χ3n) is 2.67. The molecule has 1 atom stereocenters. The van der Waals surface area contributed by atoms with Crippen molar-refractivity contribution in [3.8, 4) is 10.6 Å². The molecule has 1 unspecified atom stereocenters. The zero-order chi connectivity index (χ0) is 13.8. The van der Waals surface area contributed by atoms with Gasteiger partial charge in [0.2, 0.25) is 0 Å². The van der Waals surface area contributed by atoms with Crippen LogP contribution in [-0.4, -0.2) is 16.7 Å². The highest BCUT2D eigenvalue weighted by atomic mass is 127. The Morgan fingerprint density at radius 2 is 2.21 bits per heavy atom. The second-order valence-electron chi connectivity index (χ2n) is 4.25. The summed E-state index contributed by atoms with van der Waals surface area (Å²) in [6.07, 6.45) is 1.09. The Morgan fingerprint density at radius 3 is 2.89 bits per heavy atom. The smallest absolute Gasteiger partial charge is 0.148 e. The number of aromatic nitrogens is 2. The Hall–Kier alpha value is -0.600. The molecule has 0 aliphatic heterocycles. The molecule has 0 saturated carbocycles. The SMILES string of the molecule is CCCNC(C)c1nnc(-c2ccc(F)cc2I)s1. The largest absolute Gasteiger partial charge is 0.308 e. The van der Waals surface area contributed by atoms with Gasteiger partial charge in [0, 0.05) is 9.13 Å². The van der Waals surface area contributed by atoms with Crippen LogP contribution in [0, 0.1) is 9.39 Å². The fraction of sp³-hybridized carbons (Fsp3) is 0.385. The predicted molar refractivity (Wildman–Crippen MR) is 84.7 cm³/mol. The molecule has 0 aliphatic rings. The molecular formula is C13H15FIN3S. The van der Waals surface area contributed by atoms with E-state index in [1.165, 1.54) is 12.1 Å². The summed E-state index contributed by atoms with van der Waals surface area (Å²) in [5.41, 5.74) is 0.938. The first-order valence-electron chi connectivity index (χ1n) is 6.14. The lowest BCUT2D eigenvalue weighted by molar-refractivity contribution is 0.564. The van der Waals surface area contributed by atoms with E-state index in [1.807, 2.05) is 0 Å². The lowest BCUT2D eigenvalue weighted by atomic mass is 10.2. The summed E-state index contributed by atoms with van der Waals surface area (Å²) in [7, 11) is 0. The van der Waals surface area contributed by atoms with Gasteiger partial charge in [0.25, 0.3) is 0 Å². The number of hydrogen-bond acceptors (Lipinski definition) is 4. The molecule has 0 spiro atoms. The molecule has 0 saturated heterocycles. The average Bonchev–Trinajstić information content (AvgIpc) is 2.85. The van der Waals surface area contributed by atoms with Crippen LogP contribution in [0.3, 0.4) is 0 Å². The van der Waals surface area contributed by atoms with Gasteiger partial charge in [-0.1, -0.05) is 18.3 Å². The zero-order valence-electron chi connectivity index (χ0n) is 10.8. The monoisotopic (exact) mass is 391 g/mol. The Kier molecular flexibility index (Phi) is 5.23. The van der Waals surface area contributed by atoms with Crippen LogP contribution in [-0.2, 0) is 0 Å². The predicted octanol–water partition coefficient (Wildman–Crippen LogP) is 4.01. The van der Waals surface area contributed by atoms with Crippen molar-refractivity contribution in [2.24, 2.45) is 0 Å². The number of rotatable bonds is 5. The van der Waals surface area contributed by atoms with Gasteiger partial charge >= 0.3 is 0 Å². The van der Waals surface area contributed by atoms with Crippen molar-refractivity contribution < 1.29 is 4.39 Å². The van der Waals surface area contributed by atoms with Gasteiger partial charge in [0.15, 0.2) is 0 Å². The molecule has 1 N–H and O–H groups in total. The number of nitrogens with zero attached hydrogens (tertiary/aromatic N) is 2. The third-order valence-corrected chi connectivity index (χ3v) is 4.70. The second kappa shape index (κ2) is 6.71. The summed E-state index contributed by atoms with van der Waals surface area (Å²) in [5, 5.41) is 13.6. The molecule has 0 amide bonds. The minimum absolute atomic E-state index is 0.198. The van der Waals surface area contributed by atoms with E-state index in [4.69, 9.17) is 0 Å². The topological polar surface area (TPSA) is 37.8 Å². The summed E-state index contributed by atoms with van der Waals surface area (Å²) in [5.74, 6) is -0.226. The average molecular weight is 391 g/mol. The van der Waals surface area contributed by atoms with Crippen molar-refractivity contribution in [1.29, 1.82) is 0 Å². The molecule has 1 heterocycles. The van der Waals surface area contributed by atoms with E-state index in [0.29, 0.717) is 0 Å². The van der Waals surface area contributed by atoms with Gasteiger partial charge in [-0.25, -0.2) is 4.39 Å².